The van der Waals surface area contributed by atoms with Crippen molar-refractivity contribution < 1.29 is 9.66 Å². The quantitative estimate of drug-likeness (QED) is 0.552. The van der Waals surface area contributed by atoms with Gasteiger partial charge in [0.05, 0.1) is 4.91 Å². The summed E-state index contributed by atoms with van der Waals surface area (Å²) in [6.45, 7) is 0. The summed E-state index contributed by atoms with van der Waals surface area (Å²) in [5.74, 6) is -0.600. The van der Waals surface area contributed by atoms with E-state index in [0.717, 1.165) is 0 Å². The molecule has 66 valence electrons. The minimum atomic E-state index is -0.605. The molecule has 1 amide bonds. The minimum Gasteiger partial charge on any atom is -0.303 e. The molecule has 0 aliphatic carbocycles. The van der Waals surface area contributed by atoms with Crippen LogP contribution in [-0.2, 0) is 0 Å². The Hall–Kier alpha value is -1.75. The summed E-state index contributed by atoms with van der Waals surface area (Å²) in [6.07, 6.45) is -0.605. The van der Waals surface area contributed by atoms with E-state index in [1.54, 1.807) is 24.3 Å². The number of carbonyl (C=O) groups is 1. The van der Waals surface area contributed by atoms with E-state index in [-0.39, 0.29) is 4.87 Å². The van der Waals surface area contributed by atoms with Crippen LogP contribution < -0.4 is 11.2 Å². The molecule has 0 spiro atoms. The molecular formula is C8H8N3O2+. The van der Waals surface area contributed by atoms with E-state index in [2.05, 4.69) is 5.43 Å². The summed E-state index contributed by atoms with van der Waals surface area (Å²) in [6, 6.07) is 6.78. The largest absolute Gasteiger partial charge is 0.497 e. The fourth-order valence-electron chi connectivity index (χ4n) is 1.33. The molecule has 5 nitrogen and oxygen atoms in total. The first-order valence-electron chi connectivity index (χ1n) is 3.82. The van der Waals surface area contributed by atoms with Gasteiger partial charge in [-0.25, -0.2) is 4.79 Å². The molecule has 5 heteroatoms. The van der Waals surface area contributed by atoms with Crippen LogP contribution in [-0.4, -0.2) is 10.8 Å². The third-order valence-electron chi connectivity index (χ3n) is 1.97. The van der Waals surface area contributed by atoms with Gasteiger partial charge < -0.3 is 5.73 Å². The minimum absolute atomic E-state index is 0.160. The van der Waals surface area contributed by atoms with Crippen LogP contribution in [0.15, 0.2) is 24.3 Å². The fraction of sp³-hybridized carbons (Fsp3) is 0.125. The van der Waals surface area contributed by atoms with Crippen LogP contribution in [0.5, 0.6) is 0 Å². The van der Waals surface area contributed by atoms with Gasteiger partial charge in [-0.2, -0.15) is 0 Å². The van der Waals surface area contributed by atoms with Gasteiger partial charge in [0.25, 0.3) is 0 Å². The predicted octanol–water partition coefficient (Wildman–Crippen LogP) is 0.0812. The number of amides is 1. The van der Waals surface area contributed by atoms with Crippen LogP contribution in [0.3, 0.4) is 0 Å². The molecule has 0 radical (unpaired) electrons. The average Bonchev–Trinajstić information content (AvgIpc) is 2.15. The van der Waals surface area contributed by atoms with Crippen LogP contribution in [0.1, 0.15) is 22.1 Å². The van der Waals surface area contributed by atoms with Crippen molar-refractivity contribution in [3.05, 3.63) is 40.3 Å². The Morgan fingerprint density at radius 2 is 2.08 bits per heavy atom. The number of hydrogen-bond donors (Lipinski definition) is 2. The Balaban J connectivity index is 2.60. The predicted molar refractivity (Wildman–Crippen MR) is 44.5 cm³/mol. The van der Waals surface area contributed by atoms with E-state index < -0.39 is 12.1 Å². The Bertz CT molecular complexity index is 389. The molecule has 1 aliphatic heterocycles. The number of nitroso groups, excluding NO2 is 1. The highest BCUT2D eigenvalue weighted by Gasteiger charge is 2.36. The highest BCUT2D eigenvalue weighted by Crippen LogP contribution is 2.18. The first-order chi connectivity index (χ1) is 6.20. The Kier molecular flexibility index (Phi) is 1.60. The lowest BCUT2D eigenvalue weighted by Crippen LogP contribution is -2.44. The molecule has 1 aromatic carbocycles. The third-order valence-corrected chi connectivity index (χ3v) is 1.97. The maximum Gasteiger partial charge on any atom is 0.497 e. The lowest BCUT2D eigenvalue weighted by atomic mass is 10.0. The van der Waals surface area contributed by atoms with Crippen LogP contribution in [0.25, 0.3) is 0 Å². The first-order valence-corrected chi connectivity index (χ1v) is 3.82. The monoisotopic (exact) mass is 178 g/mol. The van der Waals surface area contributed by atoms with Crippen molar-refractivity contribution in [2.45, 2.75) is 6.17 Å². The van der Waals surface area contributed by atoms with E-state index in [9.17, 15) is 9.70 Å². The summed E-state index contributed by atoms with van der Waals surface area (Å²) in [5.41, 5.74) is 8.90. The number of nitrogens with one attached hydrogen (secondary N) is 1. The third kappa shape index (κ3) is 1.09. The van der Waals surface area contributed by atoms with Gasteiger partial charge in [-0.05, 0) is 6.07 Å². The molecule has 2 rings (SSSR count). The molecule has 1 aromatic rings. The molecule has 0 aromatic heterocycles. The van der Waals surface area contributed by atoms with E-state index in [1.807, 2.05) is 0 Å². The zero-order valence-corrected chi connectivity index (χ0v) is 6.73. The molecular weight excluding hydrogens is 170 g/mol. The van der Waals surface area contributed by atoms with Crippen LogP contribution in [0.4, 0.5) is 0 Å². The Morgan fingerprint density at radius 3 is 2.85 bits per heavy atom. The van der Waals surface area contributed by atoms with Gasteiger partial charge in [-0.1, -0.05) is 18.2 Å². The number of benzene rings is 1. The van der Waals surface area contributed by atoms with Gasteiger partial charge in [0, 0.05) is 5.56 Å². The van der Waals surface area contributed by atoms with Crippen molar-refractivity contribution in [3.63, 3.8) is 0 Å². The van der Waals surface area contributed by atoms with Crippen molar-refractivity contribution >= 4 is 5.91 Å². The standard InChI is InChI=1S/C8H8N3O2/c9-7-5-3-1-2-4-6(5)8(12)11(13)10-7/h1-4,7H,9H2,(H,10,13)/q+1. The molecule has 0 fully saturated rings. The van der Waals surface area contributed by atoms with Crippen molar-refractivity contribution in [2.75, 3.05) is 0 Å². The number of fused-ring (bicyclic) bond motifs is 1. The molecule has 13 heavy (non-hydrogen) atoms. The molecule has 0 bridgehead atoms. The van der Waals surface area contributed by atoms with Gasteiger partial charge in [0.15, 0.2) is 6.17 Å². The Morgan fingerprint density at radius 1 is 1.38 bits per heavy atom. The molecule has 3 N–H and O–H groups in total. The number of carbonyl (C=O) groups excluding carboxylic acids is 1. The second-order valence-corrected chi connectivity index (χ2v) is 2.79. The Labute approximate surface area is 74.1 Å². The number of rotatable bonds is 0. The van der Waals surface area contributed by atoms with Crippen molar-refractivity contribution in [1.29, 1.82) is 0 Å². The molecule has 1 heterocycles. The van der Waals surface area contributed by atoms with Crippen molar-refractivity contribution in [3.8, 4) is 0 Å². The summed E-state index contributed by atoms with van der Waals surface area (Å²) in [5, 5.41) is 0. The van der Waals surface area contributed by atoms with E-state index in [4.69, 9.17) is 5.73 Å². The van der Waals surface area contributed by atoms with Crippen molar-refractivity contribution in [1.82, 2.24) is 5.43 Å². The molecule has 0 saturated carbocycles. The SMILES string of the molecule is NC1N[N+](=O)C(=O)c2ccccc21. The van der Waals surface area contributed by atoms with Crippen LogP contribution in [0, 0.1) is 4.91 Å². The summed E-state index contributed by atoms with van der Waals surface area (Å²) >= 11 is 0. The molecule has 1 aliphatic rings. The summed E-state index contributed by atoms with van der Waals surface area (Å²) in [7, 11) is 0. The topological polar surface area (TPSA) is 75.2 Å². The first kappa shape index (κ1) is 7.88. The maximum atomic E-state index is 11.3. The zero-order chi connectivity index (χ0) is 9.42. The van der Waals surface area contributed by atoms with Gasteiger partial charge in [-0.15, -0.1) is 5.43 Å². The van der Waals surface area contributed by atoms with E-state index in [0.29, 0.717) is 11.1 Å². The average molecular weight is 178 g/mol. The van der Waals surface area contributed by atoms with E-state index >= 15 is 0 Å². The highest BCUT2D eigenvalue weighted by molar-refractivity contribution is 5.90. The lowest BCUT2D eigenvalue weighted by Gasteiger charge is -2.14. The summed E-state index contributed by atoms with van der Waals surface area (Å²) < 4.78 is 0. The normalized spacial score (nSPS) is 20.8. The number of hydrogen-bond acceptors (Lipinski definition) is 3. The molecule has 1 atom stereocenters. The molecule has 0 saturated heterocycles. The van der Waals surface area contributed by atoms with Crippen molar-refractivity contribution in [2.24, 2.45) is 5.73 Å². The van der Waals surface area contributed by atoms with E-state index in [1.165, 1.54) is 0 Å². The summed E-state index contributed by atoms with van der Waals surface area (Å²) in [4.78, 5) is 22.4. The lowest BCUT2D eigenvalue weighted by molar-refractivity contribution is -0.525. The van der Waals surface area contributed by atoms with Crippen LogP contribution in [0.2, 0.25) is 0 Å². The number of hydrazine groups is 1. The van der Waals surface area contributed by atoms with Crippen LogP contribution >= 0.6 is 0 Å². The second kappa shape index (κ2) is 2.63. The smallest absolute Gasteiger partial charge is 0.303 e. The van der Waals surface area contributed by atoms with Gasteiger partial charge >= 0.3 is 5.91 Å². The van der Waals surface area contributed by atoms with Gasteiger partial charge in [0.2, 0.25) is 4.87 Å². The molecule has 1 unspecified atom stereocenters. The second-order valence-electron chi connectivity index (χ2n) is 2.79. The zero-order valence-electron chi connectivity index (χ0n) is 6.73. The number of nitrogens with zero attached hydrogens (tertiary/aromatic N) is 1. The maximum absolute atomic E-state index is 11.3. The number of nitrogens with two attached hydrogens (primary N) is 1. The highest BCUT2D eigenvalue weighted by atomic mass is 16.3. The van der Waals surface area contributed by atoms with Gasteiger partial charge in [0.1, 0.15) is 5.56 Å². The fourth-order valence-corrected chi connectivity index (χ4v) is 1.33. The van der Waals surface area contributed by atoms with Gasteiger partial charge in [-0.3, -0.25) is 0 Å².